The lowest BCUT2D eigenvalue weighted by Crippen LogP contribution is -2.04. The van der Waals surface area contributed by atoms with E-state index in [-0.39, 0.29) is 0 Å². The lowest BCUT2D eigenvalue weighted by Gasteiger charge is -2.11. The summed E-state index contributed by atoms with van der Waals surface area (Å²) in [6.07, 6.45) is 4.69. The van der Waals surface area contributed by atoms with E-state index in [1.165, 1.54) is 17.0 Å². The molecular weight excluding hydrogens is 212 g/mol. The van der Waals surface area contributed by atoms with Crippen LogP contribution in [0.2, 0.25) is 0 Å². The van der Waals surface area contributed by atoms with Crippen LogP contribution < -0.4 is 0 Å². The molecule has 0 aliphatic carbocycles. The minimum absolute atomic E-state index is 0.799. The lowest BCUT2D eigenvalue weighted by atomic mass is 10.2. The summed E-state index contributed by atoms with van der Waals surface area (Å²) >= 11 is 0. The maximum Gasteiger partial charge on any atom is 0.0483 e. The number of ether oxygens (including phenoxy) is 1. The van der Waals surface area contributed by atoms with Crippen LogP contribution in [0.3, 0.4) is 0 Å². The van der Waals surface area contributed by atoms with Gasteiger partial charge >= 0.3 is 0 Å². The average molecular weight is 230 g/mol. The Balaban J connectivity index is 2.23. The predicted octanol–water partition coefficient (Wildman–Crippen LogP) is 2.90. The van der Waals surface area contributed by atoms with Crippen molar-refractivity contribution in [2.45, 2.75) is 19.9 Å². The highest BCUT2D eigenvalue weighted by Gasteiger charge is 2.06. The Morgan fingerprint density at radius 3 is 2.65 bits per heavy atom. The highest BCUT2D eigenvalue weighted by Crippen LogP contribution is 2.21. The van der Waals surface area contributed by atoms with E-state index < -0.39 is 0 Å². The molecule has 2 rings (SSSR count). The van der Waals surface area contributed by atoms with Crippen molar-refractivity contribution in [2.24, 2.45) is 0 Å². The summed E-state index contributed by atoms with van der Waals surface area (Å²) in [5.41, 5.74) is 3.75. The fraction of sp³-hybridized carbons (Fsp3) is 0.357. The monoisotopic (exact) mass is 230 g/mol. The molecule has 2 aromatic rings. The standard InChI is InChI=1S/C14H18N2O/c1-12-4-5-14(13-6-8-15-9-7-13)16(12)10-3-11-17-2/h4-9H,3,10-11H2,1-2H3. The molecule has 0 aromatic carbocycles. The Labute approximate surface area is 102 Å². The third kappa shape index (κ3) is 2.74. The zero-order valence-corrected chi connectivity index (χ0v) is 10.4. The van der Waals surface area contributed by atoms with Gasteiger partial charge in [-0.15, -0.1) is 0 Å². The summed E-state index contributed by atoms with van der Waals surface area (Å²) in [4.78, 5) is 4.05. The van der Waals surface area contributed by atoms with Gasteiger partial charge in [0.15, 0.2) is 0 Å². The maximum atomic E-state index is 5.10. The fourth-order valence-electron chi connectivity index (χ4n) is 2.01. The first-order chi connectivity index (χ1) is 8.33. The molecule has 2 heterocycles. The number of aromatic nitrogens is 2. The van der Waals surface area contributed by atoms with Gasteiger partial charge in [0, 0.05) is 49.6 Å². The Kier molecular flexibility index (Phi) is 3.94. The molecule has 0 unspecified atom stereocenters. The molecule has 0 radical (unpaired) electrons. The van der Waals surface area contributed by atoms with Gasteiger partial charge in [0.1, 0.15) is 0 Å². The van der Waals surface area contributed by atoms with Crippen LogP contribution in [0.25, 0.3) is 11.3 Å². The fourth-order valence-corrected chi connectivity index (χ4v) is 2.01. The molecule has 0 spiro atoms. The molecule has 0 N–H and O–H groups in total. The molecule has 0 aliphatic heterocycles. The lowest BCUT2D eigenvalue weighted by molar-refractivity contribution is 0.190. The second-order valence-corrected chi connectivity index (χ2v) is 4.09. The molecule has 0 aliphatic rings. The number of methoxy groups -OCH3 is 1. The molecule has 0 fully saturated rings. The van der Waals surface area contributed by atoms with Gasteiger partial charge in [-0.05, 0) is 37.6 Å². The summed E-state index contributed by atoms with van der Waals surface area (Å²) in [7, 11) is 1.74. The van der Waals surface area contributed by atoms with Crippen LogP contribution in [0.1, 0.15) is 12.1 Å². The summed E-state index contributed by atoms with van der Waals surface area (Å²) in [6, 6.07) is 8.41. The van der Waals surface area contributed by atoms with Crippen molar-refractivity contribution < 1.29 is 4.74 Å². The number of hydrogen-bond acceptors (Lipinski definition) is 2. The van der Waals surface area contributed by atoms with Crippen LogP contribution in [0, 0.1) is 6.92 Å². The van der Waals surface area contributed by atoms with E-state index in [4.69, 9.17) is 4.74 Å². The molecule has 3 heteroatoms. The van der Waals surface area contributed by atoms with Crippen molar-refractivity contribution in [3.05, 3.63) is 42.4 Å². The van der Waals surface area contributed by atoms with Crippen LogP contribution in [0.5, 0.6) is 0 Å². The van der Waals surface area contributed by atoms with Gasteiger partial charge in [0.2, 0.25) is 0 Å². The van der Waals surface area contributed by atoms with Crippen molar-refractivity contribution in [1.29, 1.82) is 0 Å². The summed E-state index contributed by atoms with van der Waals surface area (Å²) < 4.78 is 7.43. The molecule has 17 heavy (non-hydrogen) atoms. The molecule has 0 saturated carbocycles. The molecular formula is C14H18N2O. The van der Waals surface area contributed by atoms with E-state index in [9.17, 15) is 0 Å². The van der Waals surface area contributed by atoms with Crippen LogP contribution in [0.4, 0.5) is 0 Å². The largest absolute Gasteiger partial charge is 0.385 e. The van der Waals surface area contributed by atoms with Gasteiger partial charge in [-0.1, -0.05) is 0 Å². The van der Waals surface area contributed by atoms with E-state index in [1.807, 2.05) is 24.5 Å². The summed E-state index contributed by atoms with van der Waals surface area (Å²) in [5, 5.41) is 0. The predicted molar refractivity (Wildman–Crippen MR) is 68.9 cm³/mol. The van der Waals surface area contributed by atoms with Crippen LogP contribution >= 0.6 is 0 Å². The topological polar surface area (TPSA) is 27.1 Å². The smallest absolute Gasteiger partial charge is 0.0483 e. The average Bonchev–Trinajstić information content (AvgIpc) is 2.73. The highest BCUT2D eigenvalue weighted by atomic mass is 16.5. The number of aryl methyl sites for hydroxylation is 1. The summed E-state index contributed by atoms with van der Waals surface area (Å²) in [6.45, 7) is 3.93. The van der Waals surface area contributed by atoms with Crippen LogP contribution in [-0.4, -0.2) is 23.3 Å². The van der Waals surface area contributed by atoms with Gasteiger partial charge in [-0.25, -0.2) is 0 Å². The van der Waals surface area contributed by atoms with Crippen molar-refractivity contribution in [3.63, 3.8) is 0 Å². The zero-order chi connectivity index (χ0) is 12.1. The van der Waals surface area contributed by atoms with E-state index in [0.29, 0.717) is 0 Å². The Morgan fingerprint density at radius 1 is 1.18 bits per heavy atom. The first-order valence-corrected chi connectivity index (χ1v) is 5.88. The third-order valence-corrected chi connectivity index (χ3v) is 2.91. The van der Waals surface area contributed by atoms with Gasteiger partial charge in [0.25, 0.3) is 0 Å². The van der Waals surface area contributed by atoms with Crippen molar-refractivity contribution in [1.82, 2.24) is 9.55 Å². The molecule has 0 saturated heterocycles. The van der Waals surface area contributed by atoms with Crippen molar-refractivity contribution in [2.75, 3.05) is 13.7 Å². The Hall–Kier alpha value is -1.61. The quantitative estimate of drug-likeness (QED) is 0.738. The second kappa shape index (κ2) is 5.64. The van der Waals surface area contributed by atoms with Crippen LogP contribution in [0.15, 0.2) is 36.7 Å². The van der Waals surface area contributed by atoms with E-state index >= 15 is 0 Å². The number of hydrogen-bond donors (Lipinski definition) is 0. The molecule has 0 amide bonds. The molecule has 90 valence electrons. The normalized spacial score (nSPS) is 10.7. The van der Waals surface area contributed by atoms with Gasteiger partial charge in [0.05, 0.1) is 0 Å². The highest BCUT2D eigenvalue weighted by molar-refractivity contribution is 5.60. The van der Waals surface area contributed by atoms with E-state index in [1.54, 1.807) is 7.11 Å². The van der Waals surface area contributed by atoms with Crippen molar-refractivity contribution >= 4 is 0 Å². The van der Waals surface area contributed by atoms with Crippen molar-refractivity contribution in [3.8, 4) is 11.3 Å². The first-order valence-electron chi connectivity index (χ1n) is 5.88. The van der Waals surface area contributed by atoms with Crippen LogP contribution in [-0.2, 0) is 11.3 Å². The number of rotatable bonds is 5. The summed E-state index contributed by atoms with van der Waals surface area (Å²) in [5.74, 6) is 0. The molecule has 0 atom stereocenters. The zero-order valence-electron chi connectivity index (χ0n) is 10.4. The second-order valence-electron chi connectivity index (χ2n) is 4.09. The van der Waals surface area contributed by atoms with E-state index in [2.05, 4.69) is 28.6 Å². The molecule has 0 bridgehead atoms. The minimum atomic E-state index is 0.799. The van der Waals surface area contributed by atoms with Gasteiger partial charge in [-0.2, -0.15) is 0 Å². The van der Waals surface area contributed by atoms with Gasteiger partial charge < -0.3 is 9.30 Å². The first kappa shape index (κ1) is 11.9. The molecule has 3 nitrogen and oxygen atoms in total. The number of nitrogens with zero attached hydrogens (tertiary/aromatic N) is 2. The SMILES string of the molecule is COCCCn1c(C)ccc1-c1ccncc1. The van der Waals surface area contributed by atoms with Gasteiger partial charge in [-0.3, -0.25) is 4.98 Å². The Morgan fingerprint density at radius 2 is 1.94 bits per heavy atom. The minimum Gasteiger partial charge on any atom is -0.385 e. The molecule has 2 aromatic heterocycles. The number of pyridine rings is 1. The maximum absolute atomic E-state index is 5.10. The van der Waals surface area contributed by atoms with E-state index in [0.717, 1.165) is 19.6 Å². The third-order valence-electron chi connectivity index (χ3n) is 2.91. The Bertz CT molecular complexity index is 462.